The molecule has 3 aliphatic rings. The number of ether oxygens (including phenoxy) is 4. The van der Waals surface area contributed by atoms with Crippen molar-refractivity contribution in [2.45, 2.75) is 32.0 Å². The Bertz CT molecular complexity index is 569. The van der Waals surface area contributed by atoms with E-state index in [2.05, 4.69) is 0 Å². The van der Waals surface area contributed by atoms with Crippen molar-refractivity contribution in [2.75, 3.05) is 27.4 Å². The number of hydrogen-bond acceptors (Lipinski definition) is 7. The van der Waals surface area contributed by atoms with Crippen LogP contribution in [-0.2, 0) is 33.3 Å². The van der Waals surface area contributed by atoms with Crippen molar-refractivity contribution in [3.05, 3.63) is 12.2 Å². The zero-order valence-corrected chi connectivity index (χ0v) is 14.7. The minimum atomic E-state index is -1.61. The molecule has 1 saturated carbocycles. The van der Waals surface area contributed by atoms with Gasteiger partial charge in [-0.15, -0.1) is 0 Å². The van der Waals surface area contributed by atoms with Gasteiger partial charge in [-0.05, 0) is 26.8 Å². The Labute approximate surface area is 141 Å². The maximum atomic E-state index is 13.1. The van der Waals surface area contributed by atoms with Crippen LogP contribution in [-0.4, -0.2) is 56.4 Å². The van der Waals surface area contributed by atoms with E-state index in [0.717, 1.165) is 0 Å². The Balaban J connectivity index is 2.62. The Morgan fingerprint density at radius 1 is 1.08 bits per heavy atom. The number of Topliss-reactive ketones (excluding diaryl/α,β-unsaturated/α-hetero) is 1. The Hall–Kier alpha value is -1.73. The summed E-state index contributed by atoms with van der Waals surface area (Å²) in [5, 5.41) is 0. The molecule has 0 heterocycles. The van der Waals surface area contributed by atoms with E-state index < -0.39 is 46.7 Å². The zero-order valence-electron chi connectivity index (χ0n) is 14.7. The molecule has 0 spiro atoms. The molecule has 3 aliphatic carbocycles. The molecule has 0 aliphatic heterocycles. The van der Waals surface area contributed by atoms with Gasteiger partial charge < -0.3 is 18.9 Å². The van der Waals surface area contributed by atoms with Gasteiger partial charge in [0.25, 0.3) is 0 Å². The lowest BCUT2D eigenvalue weighted by molar-refractivity contribution is -0.208. The number of fused-ring (bicyclic) bond motifs is 2. The summed E-state index contributed by atoms with van der Waals surface area (Å²) in [5.41, 5.74) is -2.89. The first kappa shape index (κ1) is 18.6. The van der Waals surface area contributed by atoms with Crippen LogP contribution >= 0.6 is 0 Å². The first-order valence-corrected chi connectivity index (χ1v) is 8.01. The van der Waals surface area contributed by atoms with Crippen molar-refractivity contribution in [3.63, 3.8) is 0 Å². The third kappa shape index (κ3) is 2.38. The Morgan fingerprint density at radius 2 is 1.67 bits per heavy atom. The number of methoxy groups -OCH3 is 2. The van der Waals surface area contributed by atoms with Gasteiger partial charge in [0.15, 0.2) is 5.60 Å². The second kappa shape index (κ2) is 6.64. The van der Waals surface area contributed by atoms with Crippen molar-refractivity contribution in [3.8, 4) is 0 Å². The van der Waals surface area contributed by atoms with Gasteiger partial charge in [0.05, 0.1) is 19.1 Å². The van der Waals surface area contributed by atoms with Crippen molar-refractivity contribution in [1.29, 1.82) is 0 Å². The highest BCUT2D eigenvalue weighted by atomic mass is 16.6. The third-order valence-electron chi connectivity index (χ3n) is 5.06. The molecule has 24 heavy (non-hydrogen) atoms. The SMILES string of the molecule is CCOC(=O)[C@@H]1[C@@H](C(=O)OCC)[C@]2(OC)C=C[C@H]1[C@](C)(OC)C2=O. The molecule has 1 fully saturated rings. The van der Waals surface area contributed by atoms with Crippen LogP contribution in [0.3, 0.4) is 0 Å². The van der Waals surface area contributed by atoms with Crippen molar-refractivity contribution < 1.29 is 33.3 Å². The predicted octanol–water partition coefficient (Wildman–Crippen LogP) is 0.904. The molecule has 7 heteroatoms. The van der Waals surface area contributed by atoms with Crippen LogP contribution in [0.2, 0.25) is 0 Å². The molecular formula is C17H24O7. The highest BCUT2D eigenvalue weighted by Gasteiger charge is 2.70. The molecule has 0 saturated heterocycles. The number of rotatable bonds is 6. The van der Waals surface area contributed by atoms with Gasteiger partial charge in [-0.2, -0.15) is 0 Å². The van der Waals surface area contributed by atoms with Crippen molar-refractivity contribution in [1.82, 2.24) is 0 Å². The molecule has 0 aromatic carbocycles. The number of hydrogen-bond donors (Lipinski definition) is 0. The largest absolute Gasteiger partial charge is 0.466 e. The monoisotopic (exact) mass is 340 g/mol. The van der Waals surface area contributed by atoms with Gasteiger partial charge in [0.1, 0.15) is 11.5 Å². The summed E-state index contributed by atoms with van der Waals surface area (Å²) in [6, 6.07) is 0. The third-order valence-corrected chi connectivity index (χ3v) is 5.06. The smallest absolute Gasteiger partial charge is 0.313 e. The van der Waals surface area contributed by atoms with Crippen LogP contribution in [0.1, 0.15) is 20.8 Å². The molecule has 0 aromatic heterocycles. The van der Waals surface area contributed by atoms with E-state index in [4.69, 9.17) is 18.9 Å². The van der Waals surface area contributed by atoms with Crippen LogP contribution in [0, 0.1) is 17.8 Å². The fourth-order valence-corrected chi connectivity index (χ4v) is 3.82. The average Bonchev–Trinajstić information content (AvgIpc) is 2.58. The number of carbonyl (C=O) groups is 3. The van der Waals surface area contributed by atoms with E-state index in [1.807, 2.05) is 0 Å². The predicted molar refractivity (Wildman–Crippen MR) is 83.0 cm³/mol. The van der Waals surface area contributed by atoms with Crippen molar-refractivity contribution in [2.24, 2.45) is 17.8 Å². The summed E-state index contributed by atoms with van der Waals surface area (Å²) in [7, 11) is 2.73. The summed E-state index contributed by atoms with van der Waals surface area (Å²) in [6.07, 6.45) is 3.24. The second-order valence-electron chi connectivity index (χ2n) is 6.03. The summed E-state index contributed by atoms with van der Waals surface area (Å²) in [6.45, 7) is 5.24. The van der Waals surface area contributed by atoms with Crippen LogP contribution < -0.4 is 0 Å². The standard InChI is InChI=1S/C17H24O7/c1-6-23-13(18)11-10-8-9-17(22-5,12(11)14(19)24-7-2)15(20)16(10,3)21-4/h8-12H,6-7H2,1-5H3/t10-,11+,12+,16+,17-/m1/s1. The molecule has 5 atom stereocenters. The van der Waals surface area contributed by atoms with Crippen LogP contribution in [0.5, 0.6) is 0 Å². The maximum absolute atomic E-state index is 13.1. The molecular weight excluding hydrogens is 316 g/mol. The van der Waals surface area contributed by atoms with Gasteiger partial charge in [0, 0.05) is 20.1 Å². The van der Waals surface area contributed by atoms with E-state index in [-0.39, 0.29) is 13.2 Å². The average molecular weight is 340 g/mol. The van der Waals surface area contributed by atoms with E-state index in [1.165, 1.54) is 20.3 Å². The normalized spacial score (nSPS) is 37.4. The highest BCUT2D eigenvalue weighted by molar-refractivity contribution is 6.05. The minimum Gasteiger partial charge on any atom is -0.466 e. The number of ketones is 1. The van der Waals surface area contributed by atoms with Crippen LogP contribution in [0.15, 0.2) is 12.2 Å². The lowest BCUT2D eigenvalue weighted by Crippen LogP contribution is -2.72. The van der Waals surface area contributed by atoms with Gasteiger partial charge >= 0.3 is 11.9 Å². The lowest BCUT2D eigenvalue weighted by atomic mass is 9.53. The van der Waals surface area contributed by atoms with Crippen LogP contribution in [0.25, 0.3) is 0 Å². The van der Waals surface area contributed by atoms with Gasteiger partial charge in [-0.25, -0.2) is 0 Å². The molecule has 0 aromatic rings. The van der Waals surface area contributed by atoms with Crippen molar-refractivity contribution >= 4 is 17.7 Å². The van der Waals surface area contributed by atoms with E-state index in [1.54, 1.807) is 26.8 Å². The van der Waals surface area contributed by atoms with Gasteiger partial charge in [-0.1, -0.05) is 6.08 Å². The summed E-state index contributed by atoms with van der Waals surface area (Å²) in [4.78, 5) is 38.2. The summed E-state index contributed by atoms with van der Waals surface area (Å²) < 4.78 is 21.2. The topological polar surface area (TPSA) is 88.1 Å². The molecule has 0 unspecified atom stereocenters. The lowest BCUT2D eigenvalue weighted by Gasteiger charge is -2.55. The molecule has 7 nitrogen and oxygen atoms in total. The zero-order chi connectivity index (χ0) is 18.1. The fraction of sp³-hybridized carbons (Fsp3) is 0.706. The molecule has 0 amide bonds. The van der Waals surface area contributed by atoms with E-state index >= 15 is 0 Å². The van der Waals surface area contributed by atoms with E-state index in [0.29, 0.717) is 0 Å². The molecule has 0 radical (unpaired) electrons. The molecule has 2 bridgehead atoms. The van der Waals surface area contributed by atoms with Gasteiger partial charge in [-0.3, -0.25) is 14.4 Å². The minimum absolute atomic E-state index is 0.134. The summed E-state index contributed by atoms with van der Waals surface area (Å²) in [5.74, 6) is -4.28. The number of carbonyl (C=O) groups excluding carboxylic acids is 3. The Morgan fingerprint density at radius 3 is 2.17 bits per heavy atom. The quantitative estimate of drug-likeness (QED) is 0.524. The highest BCUT2D eigenvalue weighted by Crippen LogP contribution is 2.53. The van der Waals surface area contributed by atoms with Gasteiger partial charge in [0.2, 0.25) is 5.78 Å². The molecule has 134 valence electrons. The first-order chi connectivity index (χ1) is 11.3. The fourth-order valence-electron chi connectivity index (χ4n) is 3.82. The molecule has 0 N–H and O–H groups in total. The number of esters is 2. The Kier molecular flexibility index (Phi) is 5.15. The van der Waals surface area contributed by atoms with E-state index in [9.17, 15) is 14.4 Å². The second-order valence-corrected chi connectivity index (χ2v) is 6.03. The molecule has 3 rings (SSSR count). The maximum Gasteiger partial charge on any atom is 0.313 e. The van der Waals surface area contributed by atoms with Crippen LogP contribution in [0.4, 0.5) is 0 Å². The first-order valence-electron chi connectivity index (χ1n) is 8.01. The summed E-state index contributed by atoms with van der Waals surface area (Å²) >= 11 is 0.